The molecule has 0 atom stereocenters. The second kappa shape index (κ2) is 6.73. The second-order valence-electron chi connectivity index (χ2n) is 5.86. The molecule has 1 aromatic heterocycles. The number of methoxy groups -OCH3 is 1. The van der Waals surface area contributed by atoms with E-state index in [0.29, 0.717) is 17.0 Å². The van der Waals surface area contributed by atoms with Crippen LogP contribution in [0.1, 0.15) is 12.5 Å². The smallest absolute Gasteiger partial charge is 0.232 e. The lowest BCUT2D eigenvalue weighted by molar-refractivity contribution is 0.415. The standard InChI is InChI=1S/C19H19N3O3S/c1-4-26(23,24)21-14-7-5-13(6-8-14)19-17(12-20)16-11-15(25-3)9-10-18(16)22(19)2/h5-11,21H,4H2,1-3H3. The van der Waals surface area contributed by atoms with Crippen molar-refractivity contribution in [2.45, 2.75) is 6.92 Å². The molecule has 0 aliphatic rings. The van der Waals surface area contributed by atoms with Gasteiger partial charge >= 0.3 is 0 Å². The van der Waals surface area contributed by atoms with Crippen LogP contribution in [-0.4, -0.2) is 25.8 Å². The van der Waals surface area contributed by atoms with Crippen LogP contribution in [0.25, 0.3) is 22.2 Å². The quantitative estimate of drug-likeness (QED) is 0.746. The Balaban J connectivity index is 2.11. The van der Waals surface area contributed by atoms with Gasteiger partial charge < -0.3 is 9.30 Å². The molecule has 26 heavy (non-hydrogen) atoms. The van der Waals surface area contributed by atoms with Gasteiger partial charge in [-0.15, -0.1) is 0 Å². The number of benzene rings is 2. The molecule has 7 heteroatoms. The number of rotatable bonds is 5. The first-order valence-corrected chi connectivity index (χ1v) is 9.73. The third-order valence-electron chi connectivity index (χ3n) is 4.33. The van der Waals surface area contributed by atoms with Crippen LogP contribution in [0, 0.1) is 11.3 Å². The topological polar surface area (TPSA) is 84.1 Å². The Kier molecular flexibility index (Phi) is 4.62. The highest BCUT2D eigenvalue weighted by molar-refractivity contribution is 7.92. The summed E-state index contributed by atoms with van der Waals surface area (Å²) in [6.45, 7) is 1.58. The lowest BCUT2D eigenvalue weighted by atomic mass is 10.1. The molecule has 0 aliphatic carbocycles. The molecule has 0 aliphatic heterocycles. The average molecular weight is 369 g/mol. The number of nitriles is 1. The van der Waals surface area contributed by atoms with Gasteiger partial charge in [0.1, 0.15) is 11.8 Å². The van der Waals surface area contributed by atoms with Gasteiger partial charge in [0.15, 0.2) is 0 Å². The minimum absolute atomic E-state index is 0.0123. The number of sulfonamides is 1. The fraction of sp³-hybridized carbons (Fsp3) is 0.211. The number of fused-ring (bicyclic) bond motifs is 1. The van der Waals surface area contributed by atoms with Gasteiger partial charge in [-0.05, 0) is 42.8 Å². The van der Waals surface area contributed by atoms with Gasteiger partial charge in [0, 0.05) is 23.6 Å². The molecule has 3 aromatic rings. The summed E-state index contributed by atoms with van der Waals surface area (Å²) in [5.41, 5.74) is 3.59. The third-order valence-corrected chi connectivity index (χ3v) is 5.64. The van der Waals surface area contributed by atoms with Gasteiger partial charge in [0.2, 0.25) is 10.0 Å². The van der Waals surface area contributed by atoms with Crippen molar-refractivity contribution >= 4 is 26.6 Å². The molecule has 0 amide bonds. The molecule has 0 spiro atoms. The average Bonchev–Trinajstić information content (AvgIpc) is 2.93. The van der Waals surface area contributed by atoms with Crippen molar-refractivity contribution in [3.8, 4) is 23.1 Å². The molecule has 0 saturated carbocycles. The van der Waals surface area contributed by atoms with Gasteiger partial charge in [0.25, 0.3) is 0 Å². The molecule has 0 unspecified atom stereocenters. The van der Waals surface area contributed by atoms with E-state index in [1.807, 2.05) is 29.8 Å². The summed E-state index contributed by atoms with van der Waals surface area (Å²) in [6.07, 6.45) is 0. The number of anilines is 1. The van der Waals surface area contributed by atoms with Crippen molar-refractivity contribution < 1.29 is 13.2 Å². The number of nitrogens with one attached hydrogen (secondary N) is 1. The van der Waals surface area contributed by atoms with Crippen LogP contribution in [-0.2, 0) is 17.1 Å². The summed E-state index contributed by atoms with van der Waals surface area (Å²) in [6, 6.07) is 14.9. The lowest BCUT2D eigenvalue weighted by Gasteiger charge is -2.09. The van der Waals surface area contributed by atoms with E-state index in [0.717, 1.165) is 22.2 Å². The minimum Gasteiger partial charge on any atom is -0.497 e. The van der Waals surface area contributed by atoms with Gasteiger partial charge in [-0.3, -0.25) is 4.72 Å². The molecular weight excluding hydrogens is 350 g/mol. The fourth-order valence-electron chi connectivity index (χ4n) is 2.95. The predicted molar refractivity (Wildman–Crippen MR) is 103 cm³/mol. The number of hydrogen-bond acceptors (Lipinski definition) is 4. The highest BCUT2D eigenvalue weighted by Crippen LogP contribution is 2.34. The summed E-state index contributed by atoms with van der Waals surface area (Å²) in [4.78, 5) is 0. The van der Waals surface area contributed by atoms with E-state index < -0.39 is 10.0 Å². The predicted octanol–water partition coefficient (Wildman–Crippen LogP) is 3.49. The normalized spacial score (nSPS) is 11.3. The maximum Gasteiger partial charge on any atom is 0.232 e. The molecule has 0 saturated heterocycles. The van der Waals surface area contributed by atoms with Crippen molar-refractivity contribution in [2.75, 3.05) is 17.6 Å². The second-order valence-corrected chi connectivity index (χ2v) is 7.87. The summed E-state index contributed by atoms with van der Waals surface area (Å²) in [5, 5.41) is 10.5. The molecule has 3 rings (SSSR count). The van der Waals surface area contributed by atoms with E-state index in [1.54, 1.807) is 38.3 Å². The van der Waals surface area contributed by atoms with E-state index in [4.69, 9.17) is 4.74 Å². The fourth-order valence-corrected chi connectivity index (χ4v) is 3.59. The maximum atomic E-state index is 11.7. The number of nitrogens with zero attached hydrogens (tertiary/aromatic N) is 2. The Bertz CT molecular complexity index is 1110. The first-order valence-electron chi connectivity index (χ1n) is 8.07. The van der Waals surface area contributed by atoms with Crippen molar-refractivity contribution in [3.05, 3.63) is 48.0 Å². The van der Waals surface area contributed by atoms with Crippen molar-refractivity contribution in [3.63, 3.8) is 0 Å². The monoisotopic (exact) mass is 369 g/mol. The summed E-state index contributed by atoms with van der Waals surface area (Å²) in [5.74, 6) is 0.703. The first kappa shape index (κ1) is 17.8. The first-order chi connectivity index (χ1) is 12.4. The van der Waals surface area contributed by atoms with Crippen LogP contribution in [0.5, 0.6) is 5.75 Å². The molecular formula is C19H19N3O3S. The number of aromatic nitrogens is 1. The van der Waals surface area contributed by atoms with E-state index in [2.05, 4.69) is 10.8 Å². The zero-order chi connectivity index (χ0) is 18.9. The Morgan fingerprint density at radius 3 is 2.46 bits per heavy atom. The highest BCUT2D eigenvalue weighted by atomic mass is 32.2. The van der Waals surface area contributed by atoms with Crippen molar-refractivity contribution in [2.24, 2.45) is 7.05 Å². The zero-order valence-corrected chi connectivity index (χ0v) is 15.6. The largest absolute Gasteiger partial charge is 0.497 e. The molecule has 0 radical (unpaired) electrons. The van der Waals surface area contributed by atoms with Crippen LogP contribution < -0.4 is 9.46 Å². The van der Waals surface area contributed by atoms with Gasteiger partial charge in [0.05, 0.1) is 24.1 Å². The molecule has 1 heterocycles. The van der Waals surface area contributed by atoms with Gasteiger partial charge in [-0.25, -0.2) is 8.42 Å². The number of aryl methyl sites for hydroxylation is 1. The van der Waals surface area contributed by atoms with Gasteiger partial charge in [-0.2, -0.15) is 5.26 Å². The van der Waals surface area contributed by atoms with E-state index in [-0.39, 0.29) is 5.75 Å². The van der Waals surface area contributed by atoms with Crippen LogP contribution in [0.15, 0.2) is 42.5 Å². The van der Waals surface area contributed by atoms with E-state index in [1.165, 1.54) is 0 Å². The summed E-state index contributed by atoms with van der Waals surface area (Å²) < 4.78 is 33.1. The molecule has 6 nitrogen and oxygen atoms in total. The van der Waals surface area contributed by atoms with Crippen LogP contribution >= 0.6 is 0 Å². The Labute approximate surface area is 152 Å². The summed E-state index contributed by atoms with van der Waals surface area (Å²) in [7, 11) is 0.171. The number of hydrogen-bond donors (Lipinski definition) is 1. The van der Waals surface area contributed by atoms with Crippen LogP contribution in [0.4, 0.5) is 5.69 Å². The lowest BCUT2D eigenvalue weighted by Crippen LogP contribution is -2.14. The molecule has 134 valence electrons. The van der Waals surface area contributed by atoms with Crippen molar-refractivity contribution in [1.82, 2.24) is 4.57 Å². The third kappa shape index (κ3) is 3.11. The van der Waals surface area contributed by atoms with Gasteiger partial charge in [-0.1, -0.05) is 12.1 Å². The maximum absolute atomic E-state index is 11.7. The zero-order valence-electron chi connectivity index (χ0n) is 14.8. The Hall–Kier alpha value is -2.98. The SMILES string of the molecule is CCS(=O)(=O)Nc1ccc(-c2c(C#N)c3cc(OC)ccc3n2C)cc1. The van der Waals surface area contributed by atoms with Crippen LogP contribution in [0.2, 0.25) is 0 Å². The van der Waals surface area contributed by atoms with Crippen molar-refractivity contribution in [1.29, 1.82) is 5.26 Å². The van der Waals surface area contributed by atoms with Crippen LogP contribution in [0.3, 0.4) is 0 Å². The Morgan fingerprint density at radius 2 is 1.88 bits per heavy atom. The summed E-state index contributed by atoms with van der Waals surface area (Å²) >= 11 is 0. The van der Waals surface area contributed by atoms with E-state index >= 15 is 0 Å². The highest BCUT2D eigenvalue weighted by Gasteiger charge is 2.17. The molecule has 0 bridgehead atoms. The minimum atomic E-state index is -3.32. The Morgan fingerprint density at radius 1 is 1.19 bits per heavy atom. The molecule has 0 fully saturated rings. The molecule has 2 aromatic carbocycles. The van der Waals surface area contributed by atoms with E-state index in [9.17, 15) is 13.7 Å². The number of ether oxygens (including phenoxy) is 1. The molecule has 1 N–H and O–H groups in total.